The topological polar surface area (TPSA) is 63.5 Å². The average Bonchev–Trinajstić information content (AvgIpc) is 2.35. The number of nitro groups is 1. The van der Waals surface area contributed by atoms with E-state index in [0.29, 0.717) is 6.54 Å². The Kier molecular flexibility index (Phi) is 4.76. The Balaban J connectivity index is 2.93. The number of carbonyl (C=O) groups excluding carboxylic acids is 1. The third-order valence-corrected chi connectivity index (χ3v) is 2.58. The van der Waals surface area contributed by atoms with Gasteiger partial charge in [0, 0.05) is 25.2 Å². The van der Waals surface area contributed by atoms with E-state index < -0.39 is 16.4 Å². The van der Waals surface area contributed by atoms with Gasteiger partial charge in [0.15, 0.2) is 0 Å². The van der Waals surface area contributed by atoms with Crippen LogP contribution < -0.4 is 0 Å². The molecule has 6 heteroatoms. The van der Waals surface area contributed by atoms with Crippen LogP contribution in [0.25, 0.3) is 0 Å². The fraction of sp³-hybridized carbons (Fsp3) is 0.417. The lowest BCUT2D eigenvalue weighted by molar-refractivity contribution is -0.387. The molecule has 0 spiro atoms. The Bertz CT molecular complexity index is 463. The highest BCUT2D eigenvalue weighted by molar-refractivity contribution is 5.94. The van der Waals surface area contributed by atoms with Crippen LogP contribution in [0.3, 0.4) is 0 Å². The maximum atomic E-state index is 13.1. The van der Waals surface area contributed by atoms with Gasteiger partial charge in [-0.25, -0.2) is 0 Å². The molecular formula is C12H15FN2O3. The number of nitro benzene ring substituents is 1. The molecule has 1 aromatic rings. The summed E-state index contributed by atoms with van der Waals surface area (Å²) in [6, 6.07) is 3.17. The van der Waals surface area contributed by atoms with E-state index in [-0.39, 0.29) is 11.5 Å². The van der Waals surface area contributed by atoms with Gasteiger partial charge in [-0.2, -0.15) is 4.39 Å². The second-order valence-corrected chi connectivity index (χ2v) is 4.00. The highest BCUT2D eigenvalue weighted by Gasteiger charge is 2.19. The number of benzene rings is 1. The molecule has 0 aliphatic carbocycles. The Hall–Kier alpha value is -1.98. The minimum absolute atomic E-state index is 0.127. The van der Waals surface area contributed by atoms with E-state index in [4.69, 9.17) is 0 Å². The van der Waals surface area contributed by atoms with Gasteiger partial charge in [0.2, 0.25) is 5.82 Å². The molecule has 18 heavy (non-hydrogen) atoms. The van der Waals surface area contributed by atoms with E-state index in [0.717, 1.165) is 25.0 Å². The van der Waals surface area contributed by atoms with Crippen molar-refractivity contribution in [2.24, 2.45) is 0 Å². The predicted octanol–water partition coefficient (Wildman–Crippen LogP) is 2.61. The van der Waals surface area contributed by atoms with Gasteiger partial charge in [0.25, 0.3) is 5.91 Å². The third kappa shape index (κ3) is 3.26. The van der Waals surface area contributed by atoms with Crippen LogP contribution in [-0.2, 0) is 0 Å². The molecule has 0 atom stereocenters. The van der Waals surface area contributed by atoms with E-state index in [2.05, 4.69) is 0 Å². The van der Waals surface area contributed by atoms with Crippen LogP contribution in [0, 0.1) is 15.9 Å². The monoisotopic (exact) mass is 254 g/mol. The summed E-state index contributed by atoms with van der Waals surface area (Å²) >= 11 is 0. The van der Waals surface area contributed by atoms with E-state index in [1.165, 1.54) is 11.0 Å². The molecule has 0 aromatic heterocycles. The van der Waals surface area contributed by atoms with Crippen molar-refractivity contribution in [3.8, 4) is 0 Å². The normalized spacial score (nSPS) is 10.2. The zero-order chi connectivity index (χ0) is 13.7. The first-order valence-electron chi connectivity index (χ1n) is 5.66. The molecule has 0 saturated heterocycles. The van der Waals surface area contributed by atoms with Crippen LogP contribution in [-0.4, -0.2) is 29.3 Å². The molecule has 0 radical (unpaired) electrons. The van der Waals surface area contributed by atoms with Gasteiger partial charge >= 0.3 is 5.69 Å². The summed E-state index contributed by atoms with van der Waals surface area (Å²) in [4.78, 5) is 23.1. The Morgan fingerprint density at radius 3 is 2.72 bits per heavy atom. The lowest BCUT2D eigenvalue weighted by Gasteiger charge is -2.16. The first kappa shape index (κ1) is 14.1. The zero-order valence-electron chi connectivity index (χ0n) is 10.4. The number of amides is 1. The van der Waals surface area contributed by atoms with Gasteiger partial charge in [0.05, 0.1) is 4.92 Å². The molecule has 0 N–H and O–H groups in total. The molecule has 5 nitrogen and oxygen atoms in total. The number of halogens is 1. The van der Waals surface area contributed by atoms with Crippen LogP contribution in [0.1, 0.15) is 30.1 Å². The maximum Gasteiger partial charge on any atom is 0.305 e. The number of rotatable bonds is 5. The molecule has 0 heterocycles. The second kappa shape index (κ2) is 6.09. The highest BCUT2D eigenvalue weighted by atomic mass is 19.1. The summed E-state index contributed by atoms with van der Waals surface area (Å²) in [5.41, 5.74) is -0.550. The zero-order valence-corrected chi connectivity index (χ0v) is 10.4. The predicted molar refractivity (Wildman–Crippen MR) is 64.9 cm³/mol. The quantitative estimate of drug-likeness (QED) is 0.599. The van der Waals surface area contributed by atoms with Crippen LogP contribution in [0.5, 0.6) is 0 Å². The summed E-state index contributed by atoms with van der Waals surface area (Å²) in [5.74, 6) is -1.28. The SMILES string of the molecule is CCCCN(C)C(=O)c1ccc(F)c([N+](=O)[O-])c1. The minimum Gasteiger partial charge on any atom is -0.342 e. The average molecular weight is 254 g/mol. The number of hydrogen-bond acceptors (Lipinski definition) is 3. The summed E-state index contributed by atoms with van der Waals surface area (Å²) in [6.07, 6.45) is 1.80. The summed E-state index contributed by atoms with van der Waals surface area (Å²) in [7, 11) is 1.62. The molecule has 1 aromatic carbocycles. The van der Waals surface area contributed by atoms with Gasteiger partial charge in [-0.15, -0.1) is 0 Å². The number of hydrogen-bond donors (Lipinski definition) is 0. The Morgan fingerprint density at radius 2 is 2.17 bits per heavy atom. The fourth-order valence-corrected chi connectivity index (χ4v) is 1.50. The molecule has 1 amide bonds. The number of unbranched alkanes of at least 4 members (excludes halogenated alkanes) is 1. The van der Waals surface area contributed by atoms with Gasteiger partial charge < -0.3 is 4.90 Å². The van der Waals surface area contributed by atoms with Crippen molar-refractivity contribution in [1.82, 2.24) is 4.90 Å². The molecule has 0 fully saturated rings. The van der Waals surface area contributed by atoms with E-state index >= 15 is 0 Å². The molecule has 0 aliphatic rings. The molecular weight excluding hydrogens is 239 g/mol. The highest BCUT2D eigenvalue weighted by Crippen LogP contribution is 2.19. The smallest absolute Gasteiger partial charge is 0.305 e. The lowest BCUT2D eigenvalue weighted by atomic mass is 10.1. The van der Waals surface area contributed by atoms with Gasteiger partial charge in [-0.05, 0) is 18.6 Å². The Labute approximate surface area is 104 Å². The minimum atomic E-state index is -0.937. The molecule has 0 saturated carbocycles. The van der Waals surface area contributed by atoms with Crippen molar-refractivity contribution in [2.45, 2.75) is 19.8 Å². The molecule has 0 aliphatic heterocycles. The number of carbonyl (C=O) groups is 1. The van der Waals surface area contributed by atoms with Gasteiger partial charge in [-0.1, -0.05) is 13.3 Å². The maximum absolute atomic E-state index is 13.1. The fourth-order valence-electron chi connectivity index (χ4n) is 1.50. The van der Waals surface area contributed by atoms with Crippen LogP contribution in [0.15, 0.2) is 18.2 Å². The second-order valence-electron chi connectivity index (χ2n) is 4.00. The molecule has 1 rings (SSSR count). The molecule has 0 unspecified atom stereocenters. The van der Waals surface area contributed by atoms with E-state index in [9.17, 15) is 19.3 Å². The third-order valence-electron chi connectivity index (χ3n) is 2.58. The van der Waals surface area contributed by atoms with Crippen molar-refractivity contribution in [3.63, 3.8) is 0 Å². The molecule has 98 valence electrons. The van der Waals surface area contributed by atoms with Crippen LogP contribution >= 0.6 is 0 Å². The van der Waals surface area contributed by atoms with Crippen LogP contribution in [0.2, 0.25) is 0 Å². The standard InChI is InChI=1S/C12H15FN2O3/c1-3-4-7-14(2)12(16)9-5-6-10(13)11(8-9)15(17)18/h5-6,8H,3-4,7H2,1-2H3. The largest absolute Gasteiger partial charge is 0.342 e. The van der Waals surface area contributed by atoms with Gasteiger partial charge in [0.1, 0.15) is 0 Å². The van der Waals surface area contributed by atoms with Crippen molar-refractivity contribution < 1.29 is 14.1 Å². The van der Waals surface area contributed by atoms with Crippen molar-refractivity contribution >= 4 is 11.6 Å². The molecule has 0 bridgehead atoms. The first-order chi connectivity index (χ1) is 8.47. The van der Waals surface area contributed by atoms with Crippen molar-refractivity contribution in [3.05, 3.63) is 39.7 Å². The van der Waals surface area contributed by atoms with Crippen molar-refractivity contribution in [2.75, 3.05) is 13.6 Å². The van der Waals surface area contributed by atoms with Crippen molar-refractivity contribution in [1.29, 1.82) is 0 Å². The summed E-state index contributed by atoms with van der Waals surface area (Å²) in [5, 5.41) is 10.6. The number of nitrogens with zero attached hydrogens (tertiary/aromatic N) is 2. The van der Waals surface area contributed by atoms with Crippen LogP contribution in [0.4, 0.5) is 10.1 Å². The lowest BCUT2D eigenvalue weighted by Crippen LogP contribution is -2.27. The Morgan fingerprint density at radius 1 is 1.50 bits per heavy atom. The first-order valence-corrected chi connectivity index (χ1v) is 5.66. The van der Waals surface area contributed by atoms with E-state index in [1.54, 1.807) is 7.05 Å². The van der Waals surface area contributed by atoms with Gasteiger partial charge in [-0.3, -0.25) is 14.9 Å². The summed E-state index contributed by atoms with van der Waals surface area (Å²) in [6.45, 7) is 2.57. The summed E-state index contributed by atoms with van der Waals surface area (Å²) < 4.78 is 13.1. The van der Waals surface area contributed by atoms with E-state index in [1.807, 2.05) is 6.92 Å².